The molecule has 3 heterocycles. The second kappa shape index (κ2) is 9.62. The number of hydrogen-bond donors (Lipinski definition) is 3. The molecule has 0 bridgehead atoms. The molecule has 0 aliphatic carbocycles. The normalized spacial score (nSPS) is 21.4. The molecular weight excluding hydrogens is 408 g/mol. The van der Waals surface area contributed by atoms with Crippen molar-refractivity contribution in [3.63, 3.8) is 0 Å². The zero-order valence-corrected chi connectivity index (χ0v) is 18.7. The summed E-state index contributed by atoms with van der Waals surface area (Å²) in [5.41, 5.74) is 7.95. The number of carbonyl (C=O) groups excluding carboxylic acids is 2. The van der Waals surface area contributed by atoms with Crippen LogP contribution in [-0.2, 0) is 4.79 Å². The van der Waals surface area contributed by atoms with Gasteiger partial charge < -0.3 is 15.0 Å². The van der Waals surface area contributed by atoms with Gasteiger partial charge in [0, 0.05) is 43.5 Å². The average molecular weight is 439 g/mol. The minimum absolute atomic E-state index is 0.0199. The topological polar surface area (TPSA) is 108 Å². The van der Waals surface area contributed by atoms with Crippen molar-refractivity contribution >= 4 is 17.5 Å². The first-order valence-electron chi connectivity index (χ1n) is 11.0. The highest BCUT2D eigenvalue weighted by atomic mass is 16.5. The first-order valence-corrected chi connectivity index (χ1v) is 11.0. The lowest BCUT2D eigenvalue weighted by molar-refractivity contribution is -0.136. The summed E-state index contributed by atoms with van der Waals surface area (Å²) in [5, 5.41) is 2.87. The molecule has 1 aromatic carbocycles. The maximum Gasteiger partial charge on any atom is 0.259 e. The molecule has 3 N–H and O–H groups in total. The fourth-order valence-electron chi connectivity index (χ4n) is 4.28. The van der Waals surface area contributed by atoms with Gasteiger partial charge in [0.1, 0.15) is 11.6 Å². The van der Waals surface area contributed by atoms with Crippen molar-refractivity contribution in [2.75, 3.05) is 32.1 Å². The zero-order valence-electron chi connectivity index (χ0n) is 18.7. The van der Waals surface area contributed by atoms with Crippen molar-refractivity contribution in [3.8, 4) is 5.75 Å². The summed E-state index contributed by atoms with van der Waals surface area (Å²) in [6.45, 7) is 5.93. The molecule has 2 atom stereocenters. The highest BCUT2D eigenvalue weighted by molar-refractivity contribution is 6.04. The Hall–Kier alpha value is -3.04. The molecule has 9 nitrogen and oxygen atoms in total. The lowest BCUT2D eigenvalue weighted by Crippen LogP contribution is -2.44. The van der Waals surface area contributed by atoms with Gasteiger partial charge in [-0.3, -0.25) is 20.4 Å². The van der Waals surface area contributed by atoms with E-state index in [-0.39, 0.29) is 29.7 Å². The van der Waals surface area contributed by atoms with E-state index in [1.165, 1.54) is 0 Å². The fourth-order valence-corrected chi connectivity index (χ4v) is 4.28. The van der Waals surface area contributed by atoms with Crippen LogP contribution in [0.1, 0.15) is 47.6 Å². The molecule has 2 aliphatic rings. The number of aromatic nitrogens is 2. The summed E-state index contributed by atoms with van der Waals surface area (Å²) in [6.07, 6.45) is 3.25. The number of ether oxygens (including phenoxy) is 1. The van der Waals surface area contributed by atoms with Gasteiger partial charge in [0.15, 0.2) is 0 Å². The predicted octanol–water partition coefficient (Wildman–Crippen LogP) is 1.86. The Morgan fingerprint density at radius 1 is 1.19 bits per heavy atom. The van der Waals surface area contributed by atoms with Crippen molar-refractivity contribution in [2.24, 2.45) is 5.92 Å². The number of aryl methyl sites for hydroxylation is 1. The largest absolute Gasteiger partial charge is 0.497 e. The third-order valence-electron chi connectivity index (χ3n) is 6.33. The van der Waals surface area contributed by atoms with E-state index >= 15 is 0 Å². The quantitative estimate of drug-likeness (QED) is 0.654. The van der Waals surface area contributed by atoms with Crippen LogP contribution in [0.15, 0.2) is 30.5 Å². The van der Waals surface area contributed by atoms with Gasteiger partial charge in [-0.15, -0.1) is 0 Å². The standard InChI is InChI=1S/C23H30N6O3/c1-14-19(22(30)27-17-4-6-18(32-3)7-5-17)12-24-21(26-14)16-8-10-29(11-9-16)23(31)20-13-25-28-15(20)2/h4-7,12,15-16,20,25,28H,8-11,13H2,1-3H3,(H,27,30). The number of piperidine rings is 1. The van der Waals surface area contributed by atoms with Gasteiger partial charge in [0.2, 0.25) is 5.91 Å². The van der Waals surface area contributed by atoms with E-state index < -0.39 is 0 Å². The van der Waals surface area contributed by atoms with Gasteiger partial charge >= 0.3 is 0 Å². The highest BCUT2D eigenvalue weighted by Crippen LogP contribution is 2.27. The second-order valence-electron chi connectivity index (χ2n) is 8.43. The number of likely N-dealkylation sites (tertiary alicyclic amines) is 1. The van der Waals surface area contributed by atoms with Crippen LogP contribution < -0.4 is 20.9 Å². The Morgan fingerprint density at radius 2 is 1.91 bits per heavy atom. The zero-order chi connectivity index (χ0) is 22.7. The Kier molecular flexibility index (Phi) is 6.66. The van der Waals surface area contributed by atoms with Crippen molar-refractivity contribution < 1.29 is 14.3 Å². The van der Waals surface area contributed by atoms with Crippen LogP contribution in [0.5, 0.6) is 5.75 Å². The number of anilines is 1. The van der Waals surface area contributed by atoms with Crippen LogP contribution in [0.25, 0.3) is 0 Å². The molecule has 170 valence electrons. The first kappa shape index (κ1) is 22.2. The van der Waals surface area contributed by atoms with Crippen LogP contribution in [0.3, 0.4) is 0 Å². The summed E-state index contributed by atoms with van der Waals surface area (Å²) >= 11 is 0. The maximum atomic E-state index is 12.8. The van der Waals surface area contributed by atoms with Gasteiger partial charge in [-0.25, -0.2) is 9.97 Å². The van der Waals surface area contributed by atoms with E-state index in [1.807, 2.05) is 18.7 Å². The first-order chi connectivity index (χ1) is 15.5. The molecule has 0 saturated carbocycles. The molecule has 2 unspecified atom stereocenters. The minimum atomic E-state index is -0.243. The van der Waals surface area contributed by atoms with Crippen molar-refractivity contribution in [1.29, 1.82) is 0 Å². The summed E-state index contributed by atoms with van der Waals surface area (Å²) in [6, 6.07) is 7.30. The number of benzene rings is 1. The molecule has 1 aromatic heterocycles. The van der Waals surface area contributed by atoms with E-state index in [1.54, 1.807) is 37.6 Å². The average Bonchev–Trinajstić information content (AvgIpc) is 3.25. The number of amides is 2. The van der Waals surface area contributed by atoms with E-state index in [9.17, 15) is 9.59 Å². The second-order valence-corrected chi connectivity index (χ2v) is 8.43. The number of nitrogens with one attached hydrogen (secondary N) is 3. The number of hydrogen-bond acceptors (Lipinski definition) is 7. The maximum absolute atomic E-state index is 12.8. The van der Waals surface area contributed by atoms with Crippen LogP contribution in [0, 0.1) is 12.8 Å². The lowest BCUT2D eigenvalue weighted by Gasteiger charge is -2.33. The number of carbonyl (C=O) groups is 2. The third-order valence-corrected chi connectivity index (χ3v) is 6.33. The number of nitrogens with zero attached hydrogens (tertiary/aromatic N) is 3. The summed E-state index contributed by atoms with van der Waals surface area (Å²) in [5.74, 6) is 1.60. The molecule has 2 fully saturated rings. The predicted molar refractivity (Wildman–Crippen MR) is 120 cm³/mol. The van der Waals surface area contributed by atoms with Gasteiger partial charge in [-0.2, -0.15) is 0 Å². The minimum Gasteiger partial charge on any atom is -0.497 e. The third kappa shape index (κ3) is 4.73. The van der Waals surface area contributed by atoms with E-state index in [0.29, 0.717) is 36.6 Å². The molecule has 4 rings (SSSR count). The molecule has 2 aromatic rings. The Morgan fingerprint density at radius 3 is 2.50 bits per heavy atom. The molecular formula is C23H30N6O3. The summed E-state index contributed by atoms with van der Waals surface area (Å²) in [7, 11) is 1.60. The Balaban J connectivity index is 1.36. The molecule has 2 aliphatic heterocycles. The van der Waals surface area contributed by atoms with E-state index in [2.05, 4.69) is 26.1 Å². The highest BCUT2D eigenvalue weighted by Gasteiger charge is 2.35. The smallest absolute Gasteiger partial charge is 0.259 e. The molecule has 0 radical (unpaired) electrons. The van der Waals surface area contributed by atoms with E-state index in [0.717, 1.165) is 24.4 Å². The van der Waals surface area contributed by atoms with Crippen LogP contribution >= 0.6 is 0 Å². The summed E-state index contributed by atoms with van der Waals surface area (Å²) in [4.78, 5) is 36.5. The monoisotopic (exact) mass is 438 g/mol. The SMILES string of the molecule is COc1ccc(NC(=O)c2cnc(C3CCN(C(=O)C4CNNC4C)CC3)nc2C)cc1. The molecule has 9 heteroatoms. The Labute approximate surface area is 187 Å². The summed E-state index contributed by atoms with van der Waals surface area (Å²) < 4.78 is 5.14. The van der Waals surface area contributed by atoms with Crippen molar-refractivity contribution in [3.05, 3.63) is 47.5 Å². The number of rotatable bonds is 5. The van der Waals surface area contributed by atoms with Crippen LogP contribution in [0.2, 0.25) is 0 Å². The number of hydrazine groups is 1. The van der Waals surface area contributed by atoms with Gasteiger partial charge in [0.25, 0.3) is 5.91 Å². The van der Waals surface area contributed by atoms with Gasteiger partial charge in [-0.1, -0.05) is 0 Å². The van der Waals surface area contributed by atoms with Gasteiger partial charge in [0.05, 0.1) is 24.3 Å². The fraction of sp³-hybridized carbons (Fsp3) is 0.478. The van der Waals surface area contributed by atoms with Crippen molar-refractivity contribution in [1.82, 2.24) is 25.7 Å². The molecule has 2 saturated heterocycles. The Bertz CT molecular complexity index is 972. The lowest BCUT2D eigenvalue weighted by atomic mass is 9.93. The van der Waals surface area contributed by atoms with Crippen LogP contribution in [0.4, 0.5) is 5.69 Å². The number of methoxy groups -OCH3 is 1. The van der Waals surface area contributed by atoms with Crippen molar-refractivity contribution in [2.45, 2.75) is 38.6 Å². The van der Waals surface area contributed by atoms with E-state index in [4.69, 9.17) is 4.74 Å². The molecule has 2 amide bonds. The molecule has 0 spiro atoms. The van der Waals surface area contributed by atoms with Crippen LogP contribution in [-0.4, -0.2) is 59.5 Å². The molecule has 32 heavy (non-hydrogen) atoms. The van der Waals surface area contributed by atoms with Gasteiger partial charge in [-0.05, 0) is 51.0 Å².